The van der Waals surface area contributed by atoms with Crippen LogP contribution in [0.15, 0.2) is 18.2 Å². The molecule has 1 nitrogen and oxygen atoms in total. The number of rotatable bonds is 3. The van der Waals surface area contributed by atoms with Gasteiger partial charge in [0.1, 0.15) is 11.6 Å². The third-order valence-corrected chi connectivity index (χ3v) is 2.94. The molecule has 1 aromatic rings. The van der Waals surface area contributed by atoms with Gasteiger partial charge in [-0.1, -0.05) is 26.8 Å². The van der Waals surface area contributed by atoms with Crippen molar-refractivity contribution in [2.24, 2.45) is 17.6 Å². The van der Waals surface area contributed by atoms with Crippen molar-refractivity contribution in [2.75, 3.05) is 0 Å². The molecule has 2 N–H and O–H groups in total. The van der Waals surface area contributed by atoms with E-state index in [1.165, 1.54) is 12.1 Å². The van der Waals surface area contributed by atoms with Crippen molar-refractivity contribution < 1.29 is 8.78 Å². The molecule has 0 aliphatic carbocycles. The van der Waals surface area contributed by atoms with Gasteiger partial charge in [0.15, 0.2) is 0 Å². The van der Waals surface area contributed by atoms with E-state index in [-0.39, 0.29) is 12.0 Å². The first-order valence-corrected chi connectivity index (χ1v) is 5.14. The number of hydrogen-bond acceptors (Lipinski definition) is 1. The van der Waals surface area contributed by atoms with Crippen molar-refractivity contribution in [3.8, 4) is 0 Å². The zero-order valence-electron chi connectivity index (χ0n) is 9.30. The Morgan fingerprint density at radius 2 is 1.73 bits per heavy atom. The minimum absolute atomic E-state index is 0.157. The van der Waals surface area contributed by atoms with Crippen LogP contribution in [0, 0.1) is 23.5 Å². The molecule has 0 saturated heterocycles. The van der Waals surface area contributed by atoms with Crippen LogP contribution in [-0.4, -0.2) is 0 Å². The highest BCUT2D eigenvalue weighted by atomic mass is 19.1. The molecule has 0 radical (unpaired) electrons. The summed E-state index contributed by atoms with van der Waals surface area (Å²) in [6.07, 6.45) is 0. The molecule has 0 aliphatic rings. The molecule has 1 rings (SSSR count). The fourth-order valence-corrected chi connectivity index (χ4v) is 1.47. The first-order chi connectivity index (χ1) is 6.93. The van der Waals surface area contributed by atoms with Gasteiger partial charge in [-0.2, -0.15) is 0 Å². The molecule has 0 amide bonds. The molecule has 0 bridgehead atoms. The molecule has 0 aromatic heterocycles. The Morgan fingerprint density at radius 3 is 2.20 bits per heavy atom. The molecule has 0 fully saturated rings. The summed E-state index contributed by atoms with van der Waals surface area (Å²) in [4.78, 5) is 0. The summed E-state index contributed by atoms with van der Waals surface area (Å²) >= 11 is 0. The van der Waals surface area contributed by atoms with Crippen LogP contribution in [-0.2, 0) is 0 Å². The highest BCUT2D eigenvalue weighted by molar-refractivity contribution is 5.22. The molecule has 84 valence electrons. The van der Waals surface area contributed by atoms with Crippen LogP contribution in [0.2, 0.25) is 0 Å². The second-order valence-corrected chi connectivity index (χ2v) is 4.29. The van der Waals surface area contributed by atoms with Gasteiger partial charge < -0.3 is 5.73 Å². The van der Waals surface area contributed by atoms with Crippen molar-refractivity contribution in [3.63, 3.8) is 0 Å². The zero-order chi connectivity index (χ0) is 11.6. The fourth-order valence-electron chi connectivity index (χ4n) is 1.47. The topological polar surface area (TPSA) is 26.0 Å². The Labute approximate surface area is 89.3 Å². The Balaban J connectivity index is 2.96. The van der Waals surface area contributed by atoms with Gasteiger partial charge in [-0.05, 0) is 17.9 Å². The van der Waals surface area contributed by atoms with Crippen LogP contribution >= 0.6 is 0 Å². The summed E-state index contributed by atoms with van der Waals surface area (Å²) in [6, 6.07) is 3.16. The van der Waals surface area contributed by atoms with Crippen LogP contribution in [0.5, 0.6) is 0 Å². The van der Waals surface area contributed by atoms with Gasteiger partial charge in [0, 0.05) is 17.7 Å². The van der Waals surface area contributed by atoms with Gasteiger partial charge in [0.25, 0.3) is 0 Å². The molecule has 2 atom stereocenters. The Hall–Kier alpha value is -0.960. The first kappa shape index (κ1) is 12.1. The quantitative estimate of drug-likeness (QED) is 0.819. The van der Waals surface area contributed by atoms with E-state index in [4.69, 9.17) is 5.73 Å². The van der Waals surface area contributed by atoms with E-state index in [1.807, 2.05) is 20.8 Å². The first-order valence-electron chi connectivity index (χ1n) is 5.14. The van der Waals surface area contributed by atoms with Gasteiger partial charge in [0.2, 0.25) is 0 Å². The smallest absolute Gasteiger partial charge is 0.130 e. The van der Waals surface area contributed by atoms with E-state index in [1.54, 1.807) is 0 Å². The van der Waals surface area contributed by atoms with Crippen LogP contribution < -0.4 is 5.73 Å². The molecule has 0 saturated carbocycles. The minimum atomic E-state index is -0.569. The predicted molar refractivity (Wildman–Crippen MR) is 57.3 cm³/mol. The normalized spacial score (nSPS) is 15.4. The van der Waals surface area contributed by atoms with Crippen molar-refractivity contribution in [3.05, 3.63) is 35.4 Å². The molecular weight excluding hydrogens is 196 g/mol. The Kier molecular flexibility index (Phi) is 3.80. The van der Waals surface area contributed by atoms with Gasteiger partial charge >= 0.3 is 0 Å². The molecule has 0 spiro atoms. The van der Waals surface area contributed by atoms with E-state index in [0.29, 0.717) is 11.5 Å². The molecule has 0 aliphatic heterocycles. The van der Waals surface area contributed by atoms with Crippen LogP contribution in [0.1, 0.15) is 32.4 Å². The zero-order valence-corrected chi connectivity index (χ0v) is 9.30. The maximum absolute atomic E-state index is 13.4. The SMILES string of the molecule is CC(C)C(C)C(N)c1ccc(F)cc1F. The average molecular weight is 213 g/mol. The third-order valence-electron chi connectivity index (χ3n) is 2.94. The second-order valence-electron chi connectivity index (χ2n) is 4.29. The fraction of sp³-hybridized carbons (Fsp3) is 0.500. The van der Waals surface area contributed by atoms with Crippen LogP contribution in [0.3, 0.4) is 0 Å². The Morgan fingerprint density at radius 1 is 1.13 bits per heavy atom. The van der Waals surface area contributed by atoms with Gasteiger partial charge in [-0.15, -0.1) is 0 Å². The second kappa shape index (κ2) is 4.71. The molecule has 15 heavy (non-hydrogen) atoms. The van der Waals surface area contributed by atoms with E-state index in [0.717, 1.165) is 6.07 Å². The monoisotopic (exact) mass is 213 g/mol. The minimum Gasteiger partial charge on any atom is -0.324 e. The van der Waals surface area contributed by atoms with Crippen molar-refractivity contribution >= 4 is 0 Å². The number of nitrogens with two attached hydrogens (primary N) is 1. The number of halogens is 2. The maximum atomic E-state index is 13.4. The van der Waals surface area contributed by atoms with Crippen LogP contribution in [0.25, 0.3) is 0 Å². The summed E-state index contributed by atoms with van der Waals surface area (Å²) in [5, 5.41) is 0. The van der Waals surface area contributed by atoms with Gasteiger partial charge in [-0.25, -0.2) is 8.78 Å². The van der Waals surface area contributed by atoms with E-state index >= 15 is 0 Å². The lowest BCUT2D eigenvalue weighted by atomic mass is 9.86. The van der Waals surface area contributed by atoms with Crippen molar-refractivity contribution in [1.82, 2.24) is 0 Å². The largest absolute Gasteiger partial charge is 0.324 e. The summed E-state index contributed by atoms with van der Waals surface area (Å²) in [5.74, 6) is -0.606. The standard InChI is InChI=1S/C12H17F2N/c1-7(2)8(3)12(15)10-5-4-9(13)6-11(10)14/h4-8,12H,15H2,1-3H3. The van der Waals surface area contributed by atoms with Gasteiger partial charge in [0.05, 0.1) is 0 Å². The Bertz CT molecular complexity index is 336. The number of hydrogen-bond donors (Lipinski definition) is 1. The molecule has 1 aromatic carbocycles. The molecular formula is C12H17F2N. The maximum Gasteiger partial charge on any atom is 0.130 e. The van der Waals surface area contributed by atoms with Crippen LogP contribution in [0.4, 0.5) is 8.78 Å². The van der Waals surface area contributed by atoms with E-state index < -0.39 is 11.6 Å². The summed E-state index contributed by atoms with van der Waals surface area (Å²) in [5.41, 5.74) is 6.31. The van der Waals surface area contributed by atoms with E-state index in [2.05, 4.69) is 0 Å². The van der Waals surface area contributed by atoms with Crippen molar-refractivity contribution in [2.45, 2.75) is 26.8 Å². The number of benzene rings is 1. The lowest BCUT2D eigenvalue weighted by molar-refractivity contribution is 0.344. The lowest BCUT2D eigenvalue weighted by Gasteiger charge is -2.23. The summed E-state index contributed by atoms with van der Waals surface area (Å²) in [6.45, 7) is 6.04. The average Bonchev–Trinajstić information content (AvgIpc) is 2.15. The molecule has 0 heterocycles. The molecule has 2 unspecified atom stereocenters. The summed E-state index contributed by atoms with van der Waals surface area (Å²) < 4.78 is 26.1. The molecule has 3 heteroatoms. The summed E-state index contributed by atoms with van der Waals surface area (Å²) in [7, 11) is 0. The third kappa shape index (κ3) is 2.75. The highest BCUT2D eigenvalue weighted by Gasteiger charge is 2.20. The predicted octanol–water partition coefficient (Wildman–Crippen LogP) is 3.26. The lowest BCUT2D eigenvalue weighted by Crippen LogP contribution is -2.24. The van der Waals surface area contributed by atoms with Crippen molar-refractivity contribution in [1.29, 1.82) is 0 Å². The highest BCUT2D eigenvalue weighted by Crippen LogP contribution is 2.27. The van der Waals surface area contributed by atoms with Gasteiger partial charge in [-0.3, -0.25) is 0 Å². The van der Waals surface area contributed by atoms with E-state index in [9.17, 15) is 8.78 Å².